The number of terminal acetylenes is 7. The summed E-state index contributed by atoms with van der Waals surface area (Å²) in [6.07, 6.45) is 44.9. The number of hydrogen-bond donors (Lipinski definition) is 1. The van der Waals surface area contributed by atoms with Crippen LogP contribution in [0.1, 0.15) is 167 Å². The van der Waals surface area contributed by atoms with Gasteiger partial charge in [0.05, 0.1) is 6.42 Å². The van der Waals surface area contributed by atoms with Crippen molar-refractivity contribution in [3.8, 4) is 86.4 Å². The summed E-state index contributed by atoms with van der Waals surface area (Å²) in [4.78, 5) is 162. The lowest BCUT2D eigenvalue weighted by Gasteiger charge is -2.33. The third-order valence-corrected chi connectivity index (χ3v) is 15.4. The topological polar surface area (TPSA) is 235 Å². The number of thioether (sulfide) groups is 1. The molecule has 22 heteroatoms. The van der Waals surface area contributed by atoms with E-state index in [-0.39, 0.29) is 222 Å². The minimum absolute atomic E-state index is 0.0263. The molecule has 10 amide bonds. The van der Waals surface area contributed by atoms with Crippen molar-refractivity contribution >= 4 is 76.8 Å². The Kier molecular flexibility index (Phi) is 44.7. The lowest BCUT2D eigenvalue weighted by atomic mass is 10.2. The van der Waals surface area contributed by atoms with Gasteiger partial charge in [-0.05, 0) is 44.9 Å². The van der Waals surface area contributed by atoms with Gasteiger partial charge < -0.3 is 44.5 Å². The largest absolute Gasteiger partial charge is 0.354 e. The molecule has 1 saturated heterocycles. The van der Waals surface area contributed by atoms with Gasteiger partial charge in [0.25, 0.3) is 11.8 Å². The van der Waals surface area contributed by atoms with Gasteiger partial charge >= 0.3 is 5.97 Å². The summed E-state index contributed by atoms with van der Waals surface area (Å²) >= 11 is 1.36. The van der Waals surface area contributed by atoms with Crippen molar-refractivity contribution in [1.82, 2.24) is 44.7 Å². The minimum atomic E-state index is -0.744. The summed E-state index contributed by atoms with van der Waals surface area (Å²) in [5.74, 6) is 14.8. The highest BCUT2D eigenvalue weighted by Gasteiger charge is 2.33. The van der Waals surface area contributed by atoms with Gasteiger partial charge in [-0.1, -0.05) is 6.92 Å². The van der Waals surface area contributed by atoms with E-state index in [9.17, 15) is 52.7 Å². The minimum Gasteiger partial charge on any atom is -0.354 e. The van der Waals surface area contributed by atoms with E-state index in [0.717, 1.165) is 0 Å². The highest BCUT2D eigenvalue weighted by molar-refractivity contribution is 7.99. The summed E-state index contributed by atoms with van der Waals surface area (Å²) in [5, 5.41) is 3.29. The lowest BCUT2D eigenvalue weighted by molar-refractivity contribution is -0.197. The molecule has 0 saturated carbocycles. The zero-order chi connectivity index (χ0) is 66.7. The molecule has 1 fully saturated rings. The molecule has 1 heterocycles. The fourth-order valence-corrected chi connectivity index (χ4v) is 10.0. The van der Waals surface area contributed by atoms with Crippen LogP contribution in [0.5, 0.6) is 0 Å². The van der Waals surface area contributed by atoms with Crippen LogP contribution in [0.2, 0.25) is 0 Å². The first-order chi connectivity index (χ1) is 43.4. The van der Waals surface area contributed by atoms with Crippen molar-refractivity contribution in [1.29, 1.82) is 0 Å². The predicted octanol–water partition coefficient (Wildman–Crippen LogP) is 4.67. The summed E-state index contributed by atoms with van der Waals surface area (Å²) in [7, 11) is 0. The zero-order valence-corrected chi connectivity index (χ0v) is 53.9. The van der Waals surface area contributed by atoms with E-state index < -0.39 is 17.8 Å². The molecule has 0 radical (unpaired) electrons. The number of imide groups is 1. The third-order valence-electron chi connectivity index (χ3n) is 14.5. The number of nitrogens with one attached hydrogen (secondary N) is 1. The summed E-state index contributed by atoms with van der Waals surface area (Å²) in [6, 6.07) is 0. The Labute approximate surface area is 540 Å². The summed E-state index contributed by atoms with van der Waals surface area (Å²) < 4.78 is 0. The molecular formula is C68H95N9O12S. The molecule has 90 heavy (non-hydrogen) atoms. The molecule has 0 unspecified atom stereocenters. The fraction of sp³-hybridized carbons (Fsp3) is 0.632. The summed E-state index contributed by atoms with van der Waals surface area (Å²) in [5.41, 5.74) is 0. The van der Waals surface area contributed by atoms with Crippen molar-refractivity contribution < 1.29 is 57.6 Å². The van der Waals surface area contributed by atoms with E-state index in [2.05, 4.69) is 46.8 Å². The van der Waals surface area contributed by atoms with Crippen LogP contribution >= 0.6 is 11.8 Å². The van der Waals surface area contributed by atoms with E-state index in [1.165, 1.54) is 11.8 Å². The number of hydroxylamine groups is 2. The van der Waals surface area contributed by atoms with Crippen molar-refractivity contribution in [2.75, 3.05) is 110 Å². The maximum atomic E-state index is 14.2. The van der Waals surface area contributed by atoms with Crippen LogP contribution in [0.25, 0.3) is 0 Å². The van der Waals surface area contributed by atoms with Crippen LogP contribution in [0, 0.1) is 86.4 Å². The molecule has 490 valence electrons. The van der Waals surface area contributed by atoms with Crippen LogP contribution in [-0.2, 0) is 57.6 Å². The number of hydrogen-bond acceptors (Lipinski definition) is 13. The van der Waals surface area contributed by atoms with Gasteiger partial charge in [0.15, 0.2) is 0 Å². The number of rotatable bonds is 50. The van der Waals surface area contributed by atoms with Gasteiger partial charge in [-0.15, -0.1) is 91.5 Å². The first-order valence-electron chi connectivity index (χ1n) is 31.3. The quantitative estimate of drug-likeness (QED) is 0.0496. The number of nitrogens with zero attached hydrogens (tertiary/aromatic N) is 8. The van der Waals surface area contributed by atoms with E-state index in [0.29, 0.717) is 101 Å². The average molecular weight is 1260 g/mol. The Morgan fingerprint density at radius 2 is 0.633 bits per heavy atom. The molecule has 0 aromatic rings. The van der Waals surface area contributed by atoms with Crippen LogP contribution in [0.15, 0.2) is 0 Å². The van der Waals surface area contributed by atoms with Gasteiger partial charge in [-0.25, -0.2) is 4.79 Å². The molecular weight excluding hydrogens is 1170 g/mol. The maximum absolute atomic E-state index is 14.2. The zero-order valence-electron chi connectivity index (χ0n) is 53.1. The second kappa shape index (κ2) is 50.5. The molecule has 0 atom stereocenters. The first-order valence-corrected chi connectivity index (χ1v) is 32.5. The fourth-order valence-electron chi connectivity index (χ4n) is 9.17. The monoisotopic (exact) mass is 1260 g/mol. The third kappa shape index (κ3) is 35.6. The smallest absolute Gasteiger partial charge is 0.334 e. The van der Waals surface area contributed by atoms with Gasteiger partial charge in [-0.2, -0.15) is 11.8 Å². The maximum Gasteiger partial charge on any atom is 0.334 e. The number of amides is 10. The lowest BCUT2D eigenvalue weighted by Crippen LogP contribution is -2.49. The standard InChI is InChI=1S/C68H95N9O12S/c1-9-17-24-31-59(79)70(42-41-69-58(78)16-8)43-44-71(60(80)32-25-18-10-2)45-46-72(61(81)33-26-19-11-3)47-48-73(62(82)34-27-20-12-4)49-50-74(63(83)35-28-21-13-5)51-52-75(64(84)36-29-22-14-6)53-54-76(65(85)37-30-23-15-7)55-57-90-56-40-68(88)89-77-66(86)38-39-67(77)87/h1-7H,16-57H2,8H3,(H,69,78). The first kappa shape index (κ1) is 79.7. The number of carbonyl (C=O) groups is 11. The van der Waals surface area contributed by atoms with E-state index in [1.807, 2.05) is 0 Å². The van der Waals surface area contributed by atoms with Crippen molar-refractivity contribution in [3.05, 3.63) is 0 Å². The molecule has 0 aliphatic carbocycles. The Morgan fingerprint density at radius 1 is 0.389 bits per heavy atom. The predicted molar refractivity (Wildman–Crippen MR) is 347 cm³/mol. The van der Waals surface area contributed by atoms with Crippen molar-refractivity contribution in [2.45, 2.75) is 167 Å². The van der Waals surface area contributed by atoms with E-state index in [4.69, 9.17) is 49.8 Å². The molecule has 1 rings (SSSR count). The van der Waals surface area contributed by atoms with Crippen LogP contribution in [-0.4, -0.2) is 214 Å². The van der Waals surface area contributed by atoms with Crippen molar-refractivity contribution in [3.63, 3.8) is 0 Å². The highest BCUT2D eigenvalue weighted by Crippen LogP contribution is 2.16. The normalized spacial score (nSPS) is 11.2. The van der Waals surface area contributed by atoms with Gasteiger partial charge in [0.2, 0.25) is 47.3 Å². The molecule has 1 aliphatic rings. The van der Waals surface area contributed by atoms with E-state index >= 15 is 0 Å². The molecule has 0 aromatic carbocycles. The molecule has 1 aliphatic heterocycles. The molecule has 0 bridgehead atoms. The van der Waals surface area contributed by atoms with E-state index in [1.54, 1.807) is 41.2 Å². The van der Waals surface area contributed by atoms with Crippen LogP contribution in [0.4, 0.5) is 0 Å². The molecule has 1 N–H and O–H groups in total. The second-order valence-corrected chi connectivity index (χ2v) is 22.4. The number of carbonyl (C=O) groups excluding carboxylic acids is 11. The number of unbranched alkanes of at least 4 members (excludes halogenated alkanes) is 7. The van der Waals surface area contributed by atoms with Gasteiger partial charge in [0, 0.05) is 219 Å². The summed E-state index contributed by atoms with van der Waals surface area (Å²) in [6.45, 7) is 3.15. The van der Waals surface area contributed by atoms with Crippen LogP contribution < -0.4 is 5.32 Å². The van der Waals surface area contributed by atoms with Gasteiger partial charge in [0.1, 0.15) is 0 Å². The Bertz CT molecular complexity index is 2620. The molecule has 0 spiro atoms. The highest BCUT2D eigenvalue weighted by atomic mass is 32.2. The average Bonchev–Trinajstić information content (AvgIpc) is 3.76. The van der Waals surface area contributed by atoms with Gasteiger partial charge in [-0.3, -0.25) is 47.9 Å². The van der Waals surface area contributed by atoms with Crippen LogP contribution in [0.3, 0.4) is 0 Å². The second-order valence-electron chi connectivity index (χ2n) is 21.2. The Morgan fingerprint density at radius 3 is 0.878 bits per heavy atom. The Hall–Kier alpha value is -8.36. The molecule has 0 aromatic heterocycles. The molecule has 21 nitrogen and oxygen atoms in total. The SMILES string of the molecule is C#CCCCC(=O)N(CCNC(=O)CC)CCN(CCN(CCN(CCN(CCN(CCN(CCSCCC(=O)ON1C(=O)CCC1=O)C(=O)CCCC#C)C(=O)CCCC#C)C(=O)CCCC#C)C(=O)CCCC#C)C(=O)CCCC#C)C(=O)CCCC#C. The van der Waals surface area contributed by atoms with Crippen molar-refractivity contribution in [2.24, 2.45) is 0 Å². The Balaban J connectivity index is 3.59.